The van der Waals surface area contributed by atoms with E-state index < -0.39 is 0 Å². The van der Waals surface area contributed by atoms with Crippen LogP contribution in [-0.4, -0.2) is 40.4 Å². The second kappa shape index (κ2) is 12.4. The second-order valence-electron chi connectivity index (χ2n) is 8.08. The lowest BCUT2D eigenvalue weighted by Gasteiger charge is -2.21. The monoisotopic (exact) mass is 540 g/mol. The summed E-state index contributed by atoms with van der Waals surface area (Å²) >= 11 is 1.33. The average Bonchev–Trinajstić information content (AvgIpc) is 3.43. The number of fused-ring (bicyclic) bond motifs is 1. The van der Waals surface area contributed by atoms with Gasteiger partial charge in [-0.05, 0) is 49.4 Å². The van der Waals surface area contributed by atoms with Gasteiger partial charge >= 0.3 is 5.97 Å². The highest BCUT2D eigenvalue weighted by Crippen LogP contribution is 2.29. The highest BCUT2D eigenvalue weighted by Gasteiger charge is 2.23. The number of amides is 1. The maximum Gasteiger partial charge on any atom is 0.307 e. The van der Waals surface area contributed by atoms with Gasteiger partial charge in [-0.3, -0.25) is 15.0 Å². The first-order valence-electron chi connectivity index (χ1n) is 11.5. The number of rotatable bonds is 10. The van der Waals surface area contributed by atoms with Gasteiger partial charge in [-0.2, -0.15) is 0 Å². The first-order valence-corrected chi connectivity index (χ1v) is 12.3. The Morgan fingerprint density at radius 1 is 1.16 bits per heavy atom. The molecule has 0 spiro atoms. The van der Waals surface area contributed by atoms with Crippen LogP contribution in [0.25, 0.3) is 10.3 Å². The zero-order chi connectivity index (χ0) is 25.7. The minimum Gasteiger partial charge on any atom is -0.466 e. The van der Waals surface area contributed by atoms with Gasteiger partial charge in [0.25, 0.3) is 5.91 Å². The van der Waals surface area contributed by atoms with Crippen molar-refractivity contribution in [1.82, 2.24) is 9.55 Å². The Morgan fingerprint density at radius 2 is 1.86 bits per heavy atom. The number of carbonyl (C=O) groups excluding carboxylic acids is 2. The Bertz CT molecular complexity index is 1380. The Balaban J connectivity index is 0.00000380. The number of benzene rings is 2. The molecular weight excluding hydrogens is 512 g/mol. The molecule has 0 atom stereocenters. The molecule has 4 N–H and O–H groups in total. The number of thiophene rings is 1. The van der Waals surface area contributed by atoms with Gasteiger partial charge in [-0.15, -0.1) is 23.7 Å². The molecule has 194 valence electrons. The summed E-state index contributed by atoms with van der Waals surface area (Å²) < 4.78 is 7.00. The van der Waals surface area contributed by atoms with Crippen LogP contribution in [0.15, 0.2) is 60.7 Å². The fraction of sp³-hybridized carbons (Fsp3) is 0.231. The van der Waals surface area contributed by atoms with E-state index in [0.717, 1.165) is 27.5 Å². The number of hydrogen-bond donors (Lipinski definition) is 3. The number of anilines is 2. The van der Waals surface area contributed by atoms with Crippen LogP contribution >= 0.6 is 23.7 Å². The molecule has 2 aromatic carbocycles. The molecule has 4 aromatic rings. The van der Waals surface area contributed by atoms with Crippen LogP contribution in [0.2, 0.25) is 0 Å². The van der Waals surface area contributed by atoms with Gasteiger partial charge in [0, 0.05) is 30.5 Å². The lowest BCUT2D eigenvalue weighted by molar-refractivity contribution is -0.142. The first kappa shape index (κ1) is 27.7. The summed E-state index contributed by atoms with van der Waals surface area (Å²) in [6.07, 6.45) is 0.112. The molecule has 0 radical (unpaired) electrons. The van der Waals surface area contributed by atoms with Crippen LogP contribution in [0.4, 0.5) is 11.4 Å². The number of aryl methyl sites for hydroxylation is 1. The number of nitrogens with two attached hydrogens (primary N) is 1. The third-order valence-corrected chi connectivity index (χ3v) is 6.69. The maximum atomic E-state index is 13.5. The van der Waals surface area contributed by atoms with Crippen LogP contribution in [0.1, 0.15) is 34.4 Å². The average molecular weight is 541 g/mol. The lowest BCUT2D eigenvalue weighted by Crippen LogP contribution is -2.32. The zero-order valence-electron chi connectivity index (χ0n) is 20.6. The normalized spacial score (nSPS) is 10.5. The number of esters is 1. The molecule has 37 heavy (non-hydrogen) atoms. The van der Waals surface area contributed by atoms with E-state index >= 15 is 0 Å². The van der Waals surface area contributed by atoms with E-state index in [1.54, 1.807) is 24.0 Å². The van der Waals surface area contributed by atoms with Crippen LogP contribution < -0.4 is 16.0 Å². The molecule has 0 aliphatic heterocycles. The predicted octanol–water partition coefficient (Wildman–Crippen LogP) is 4.55. The van der Waals surface area contributed by atoms with Gasteiger partial charge in [-0.25, -0.2) is 4.98 Å². The van der Waals surface area contributed by atoms with Crippen molar-refractivity contribution in [3.8, 4) is 0 Å². The molecule has 0 aliphatic carbocycles. The highest BCUT2D eigenvalue weighted by atomic mass is 35.5. The molecule has 0 saturated heterocycles. The number of nitrogen functional groups attached to an aromatic ring is 1. The standard InChI is InChI=1S/C26H28N6O3S.ClH/c1-3-35-23(33)13-14-32(19-7-5-4-6-8-19)26(34)21-15-20-25(36-21)30-22(31(20)2)16-29-18-11-9-17(10-12-18)24(27)28;/h4-12,15,29H,3,13-14,16H2,1-2H3,(H3,27,28);1H. The van der Waals surface area contributed by atoms with Gasteiger partial charge in [-0.1, -0.05) is 18.2 Å². The number of nitrogens with one attached hydrogen (secondary N) is 2. The first-order chi connectivity index (χ1) is 17.4. The molecule has 2 heterocycles. The number of ether oxygens (including phenoxy) is 1. The number of hydrogen-bond acceptors (Lipinski definition) is 7. The van der Waals surface area contributed by atoms with Crippen molar-refractivity contribution < 1.29 is 14.3 Å². The Kier molecular flexibility index (Phi) is 9.26. The SMILES string of the molecule is CCOC(=O)CCN(C(=O)c1cc2c(nc(CNc3ccc(C(=N)N)cc3)n2C)s1)c1ccccc1.Cl. The number of carbonyl (C=O) groups is 2. The number of halogens is 1. The van der Waals surface area contributed by atoms with Crippen molar-refractivity contribution in [3.05, 3.63) is 76.9 Å². The van der Waals surface area contributed by atoms with Gasteiger partial charge in [0.2, 0.25) is 0 Å². The molecule has 0 unspecified atom stereocenters. The summed E-state index contributed by atoms with van der Waals surface area (Å²) in [5.74, 6) is 0.340. The Labute approximate surface area is 225 Å². The summed E-state index contributed by atoms with van der Waals surface area (Å²) in [6, 6.07) is 18.5. The van der Waals surface area contributed by atoms with Gasteiger partial charge in [0.15, 0.2) is 0 Å². The van der Waals surface area contributed by atoms with E-state index in [0.29, 0.717) is 23.6 Å². The molecule has 2 aromatic heterocycles. The second-order valence-corrected chi connectivity index (χ2v) is 9.11. The van der Waals surface area contributed by atoms with E-state index in [4.69, 9.17) is 20.9 Å². The van der Waals surface area contributed by atoms with E-state index in [1.165, 1.54) is 11.3 Å². The smallest absolute Gasteiger partial charge is 0.307 e. The third kappa shape index (κ3) is 6.46. The van der Waals surface area contributed by atoms with Crippen molar-refractivity contribution in [2.75, 3.05) is 23.4 Å². The summed E-state index contributed by atoms with van der Waals surface area (Å²) in [5, 5.41) is 10.8. The van der Waals surface area contributed by atoms with Crippen molar-refractivity contribution in [1.29, 1.82) is 5.41 Å². The molecule has 0 fully saturated rings. The van der Waals surface area contributed by atoms with Crippen molar-refractivity contribution in [3.63, 3.8) is 0 Å². The van der Waals surface area contributed by atoms with E-state index in [2.05, 4.69) is 5.32 Å². The molecule has 1 amide bonds. The number of nitrogens with zero attached hydrogens (tertiary/aromatic N) is 3. The maximum absolute atomic E-state index is 13.5. The minimum atomic E-state index is -0.336. The minimum absolute atomic E-state index is 0. The van der Waals surface area contributed by atoms with Crippen LogP contribution in [0.3, 0.4) is 0 Å². The van der Waals surface area contributed by atoms with E-state index in [9.17, 15) is 9.59 Å². The number of amidine groups is 1. The summed E-state index contributed by atoms with van der Waals surface area (Å²) in [5.41, 5.74) is 8.66. The van der Waals surface area contributed by atoms with Gasteiger partial charge in [0.1, 0.15) is 16.5 Å². The molecule has 0 bridgehead atoms. The Hall–Kier alpha value is -3.89. The molecule has 4 rings (SSSR count). The molecule has 9 nitrogen and oxygen atoms in total. The Morgan fingerprint density at radius 3 is 2.49 bits per heavy atom. The number of para-hydroxylation sites is 1. The largest absolute Gasteiger partial charge is 0.466 e. The fourth-order valence-corrected chi connectivity index (χ4v) is 4.79. The van der Waals surface area contributed by atoms with Crippen LogP contribution in [0, 0.1) is 5.41 Å². The summed E-state index contributed by atoms with van der Waals surface area (Å²) in [4.78, 5) is 33.1. The molecule has 0 aliphatic rings. The van der Waals surface area contributed by atoms with Gasteiger partial charge in [0.05, 0.1) is 30.0 Å². The third-order valence-electron chi connectivity index (χ3n) is 5.69. The van der Waals surface area contributed by atoms with Crippen LogP contribution in [-0.2, 0) is 23.1 Å². The fourth-order valence-electron chi connectivity index (χ4n) is 3.76. The van der Waals surface area contributed by atoms with E-state index in [1.807, 2.05) is 60.1 Å². The van der Waals surface area contributed by atoms with Crippen molar-refractivity contribution >= 4 is 63.2 Å². The number of imidazole rings is 1. The van der Waals surface area contributed by atoms with E-state index in [-0.39, 0.29) is 43.1 Å². The zero-order valence-corrected chi connectivity index (χ0v) is 22.2. The van der Waals surface area contributed by atoms with Crippen molar-refractivity contribution in [2.45, 2.75) is 19.9 Å². The molecular formula is C26H29ClN6O3S. The highest BCUT2D eigenvalue weighted by molar-refractivity contribution is 7.20. The molecule has 0 saturated carbocycles. The molecule has 11 heteroatoms. The quantitative estimate of drug-likeness (QED) is 0.154. The topological polar surface area (TPSA) is 126 Å². The summed E-state index contributed by atoms with van der Waals surface area (Å²) in [6.45, 7) is 2.79. The van der Waals surface area contributed by atoms with Gasteiger partial charge < -0.3 is 25.3 Å². The van der Waals surface area contributed by atoms with Crippen molar-refractivity contribution in [2.24, 2.45) is 12.8 Å². The summed E-state index contributed by atoms with van der Waals surface area (Å²) in [7, 11) is 1.92. The lowest BCUT2D eigenvalue weighted by atomic mass is 10.2. The van der Waals surface area contributed by atoms with Crippen LogP contribution in [0.5, 0.6) is 0 Å². The predicted molar refractivity (Wildman–Crippen MR) is 150 cm³/mol. The number of aromatic nitrogens is 2.